The average Bonchev–Trinajstić information content (AvgIpc) is 2.89. The van der Waals surface area contributed by atoms with Gasteiger partial charge in [-0.05, 0) is 17.7 Å². The summed E-state index contributed by atoms with van der Waals surface area (Å²) in [6.07, 6.45) is 1.39. The predicted molar refractivity (Wildman–Crippen MR) is 106 cm³/mol. The van der Waals surface area contributed by atoms with Gasteiger partial charge in [0.25, 0.3) is 0 Å². The number of nitrogens with zero attached hydrogens (tertiary/aromatic N) is 3. The number of Topliss-reactive ketones (excluding diaryl/α,β-unsaturated/α-hetero) is 1. The van der Waals surface area contributed by atoms with Crippen LogP contribution < -0.4 is 15.8 Å². The Morgan fingerprint density at radius 3 is 2.54 bits per heavy atom. The summed E-state index contributed by atoms with van der Waals surface area (Å²) in [5.41, 5.74) is 9.66. The number of hydrogen-bond donors (Lipinski definition) is 2. The van der Waals surface area contributed by atoms with Crippen LogP contribution in [0, 0.1) is 5.92 Å². The summed E-state index contributed by atoms with van der Waals surface area (Å²) >= 11 is 0. The Labute approximate surface area is 161 Å². The van der Waals surface area contributed by atoms with E-state index in [9.17, 15) is 4.79 Å². The van der Waals surface area contributed by atoms with E-state index in [-0.39, 0.29) is 17.6 Å². The first-order valence-electron chi connectivity index (χ1n) is 8.90. The van der Waals surface area contributed by atoms with E-state index in [2.05, 4.69) is 15.3 Å². The highest BCUT2D eigenvalue weighted by molar-refractivity contribution is 6.29. The molecule has 1 aliphatic carbocycles. The van der Waals surface area contributed by atoms with Crippen molar-refractivity contribution in [3.63, 3.8) is 0 Å². The first kappa shape index (κ1) is 16.4. The molecule has 3 aromatic rings. The van der Waals surface area contributed by atoms with E-state index in [1.165, 1.54) is 6.33 Å². The highest BCUT2D eigenvalue weighted by atomic mass is 16.5. The molecule has 2 aliphatic rings. The Hall–Kier alpha value is -3.74. The van der Waals surface area contributed by atoms with Gasteiger partial charge in [-0.25, -0.2) is 15.0 Å². The summed E-state index contributed by atoms with van der Waals surface area (Å²) in [6, 6.07) is 14.8. The van der Waals surface area contributed by atoms with Crippen LogP contribution in [-0.2, 0) is 0 Å². The number of ketones is 1. The molecular formula is C21H17N5O2. The number of ether oxygens (including phenoxy) is 1. The molecule has 0 fully saturated rings. The fraction of sp³-hybridized carbons (Fsp3) is 0.143. The minimum atomic E-state index is -0.487. The number of hydrogen-bond acceptors (Lipinski definition) is 7. The standard InChI is InChI=1S/C21H17N5O2/c1-28-12-8-6-11(7-9-12)16-15-17(13-4-2-3-5-14(13)19(15)27)25-18-20(22)23-10-24-21(18)26-16/h2-10,15-16H,1H3,(H3,22,23,24,26). The van der Waals surface area contributed by atoms with Crippen molar-refractivity contribution in [3.8, 4) is 5.75 Å². The smallest absolute Gasteiger partial charge is 0.175 e. The first-order valence-corrected chi connectivity index (χ1v) is 8.90. The minimum Gasteiger partial charge on any atom is -0.497 e. The number of aliphatic imine (C=N–C) groups is 1. The van der Waals surface area contributed by atoms with E-state index in [0.29, 0.717) is 22.8 Å². The molecule has 2 aromatic carbocycles. The number of benzene rings is 2. The summed E-state index contributed by atoms with van der Waals surface area (Å²) in [5, 5.41) is 3.38. The van der Waals surface area contributed by atoms with Crippen molar-refractivity contribution in [1.82, 2.24) is 9.97 Å². The van der Waals surface area contributed by atoms with E-state index in [1.54, 1.807) is 7.11 Å². The molecule has 138 valence electrons. The lowest BCUT2D eigenvalue weighted by Gasteiger charge is -2.23. The molecule has 2 atom stereocenters. The second-order valence-electron chi connectivity index (χ2n) is 6.74. The second-order valence-corrected chi connectivity index (χ2v) is 6.74. The van der Waals surface area contributed by atoms with Crippen molar-refractivity contribution in [2.75, 3.05) is 18.2 Å². The second kappa shape index (κ2) is 6.16. The summed E-state index contributed by atoms with van der Waals surface area (Å²) in [6.45, 7) is 0. The van der Waals surface area contributed by atoms with Crippen LogP contribution in [0.1, 0.15) is 27.5 Å². The first-order chi connectivity index (χ1) is 13.7. The maximum absolute atomic E-state index is 13.3. The van der Waals surface area contributed by atoms with Crippen molar-refractivity contribution in [2.24, 2.45) is 10.9 Å². The Bertz CT molecular complexity index is 1120. The molecule has 0 spiro atoms. The fourth-order valence-corrected chi connectivity index (χ4v) is 3.87. The molecule has 2 heterocycles. The quantitative estimate of drug-likeness (QED) is 0.717. The number of rotatable bonds is 2. The van der Waals surface area contributed by atoms with Crippen molar-refractivity contribution in [1.29, 1.82) is 0 Å². The molecular weight excluding hydrogens is 354 g/mol. The Kier molecular flexibility index (Phi) is 3.61. The van der Waals surface area contributed by atoms with Crippen LogP contribution in [0.4, 0.5) is 17.3 Å². The van der Waals surface area contributed by atoms with Gasteiger partial charge in [0.15, 0.2) is 17.4 Å². The highest BCUT2D eigenvalue weighted by Gasteiger charge is 2.44. The third-order valence-corrected chi connectivity index (χ3v) is 5.23. The highest BCUT2D eigenvalue weighted by Crippen LogP contribution is 2.44. The summed E-state index contributed by atoms with van der Waals surface area (Å²) < 4.78 is 5.26. The molecule has 7 heteroatoms. The van der Waals surface area contributed by atoms with Crippen molar-refractivity contribution in [3.05, 3.63) is 71.5 Å². The third-order valence-electron chi connectivity index (χ3n) is 5.23. The van der Waals surface area contributed by atoms with Gasteiger partial charge in [-0.15, -0.1) is 0 Å². The van der Waals surface area contributed by atoms with Crippen LogP contribution >= 0.6 is 0 Å². The monoisotopic (exact) mass is 371 g/mol. The van der Waals surface area contributed by atoms with Gasteiger partial charge in [0, 0.05) is 11.1 Å². The van der Waals surface area contributed by atoms with Crippen LogP contribution in [0.2, 0.25) is 0 Å². The molecule has 28 heavy (non-hydrogen) atoms. The van der Waals surface area contributed by atoms with Crippen molar-refractivity contribution in [2.45, 2.75) is 6.04 Å². The van der Waals surface area contributed by atoms with Gasteiger partial charge in [-0.3, -0.25) is 4.79 Å². The molecule has 0 saturated carbocycles. The molecule has 0 amide bonds. The number of nitrogens with two attached hydrogens (primary N) is 1. The molecule has 7 nitrogen and oxygen atoms in total. The molecule has 0 bridgehead atoms. The fourth-order valence-electron chi connectivity index (χ4n) is 3.87. The lowest BCUT2D eigenvalue weighted by atomic mass is 9.88. The van der Waals surface area contributed by atoms with Crippen LogP contribution in [-0.4, -0.2) is 28.6 Å². The van der Waals surface area contributed by atoms with Crippen LogP contribution in [0.15, 0.2) is 59.9 Å². The maximum atomic E-state index is 13.3. The normalized spacial score (nSPS) is 19.6. The van der Waals surface area contributed by atoms with Gasteiger partial charge < -0.3 is 15.8 Å². The van der Waals surface area contributed by atoms with E-state index in [1.807, 2.05) is 48.5 Å². The number of aromatic nitrogens is 2. The average molecular weight is 371 g/mol. The Morgan fingerprint density at radius 2 is 1.79 bits per heavy atom. The van der Waals surface area contributed by atoms with Crippen LogP contribution in [0.25, 0.3) is 0 Å². The molecule has 0 saturated heterocycles. The SMILES string of the molecule is COc1ccc(C2Nc3ncnc(N)c3N=C3c4ccccc4C(=O)C32)cc1. The number of nitrogen functional groups attached to an aromatic ring is 1. The lowest BCUT2D eigenvalue weighted by Crippen LogP contribution is -2.28. The zero-order valence-electron chi connectivity index (χ0n) is 15.1. The number of methoxy groups -OCH3 is 1. The molecule has 3 N–H and O–H groups in total. The van der Waals surface area contributed by atoms with Crippen LogP contribution in [0.3, 0.4) is 0 Å². The van der Waals surface area contributed by atoms with E-state index in [0.717, 1.165) is 16.9 Å². The number of carbonyl (C=O) groups excluding carboxylic acids is 1. The summed E-state index contributed by atoms with van der Waals surface area (Å²) in [4.78, 5) is 26.4. The van der Waals surface area contributed by atoms with E-state index >= 15 is 0 Å². The summed E-state index contributed by atoms with van der Waals surface area (Å²) in [5.74, 6) is 1.08. The van der Waals surface area contributed by atoms with Gasteiger partial charge in [-0.2, -0.15) is 0 Å². The predicted octanol–water partition coefficient (Wildman–Crippen LogP) is 3.17. The lowest BCUT2D eigenvalue weighted by molar-refractivity contribution is 0.0952. The van der Waals surface area contributed by atoms with Crippen molar-refractivity contribution < 1.29 is 9.53 Å². The molecule has 5 rings (SSSR count). The zero-order valence-corrected chi connectivity index (χ0v) is 15.1. The van der Waals surface area contributed by atoms with Gasteiger partial charge in [-0.1, -0.05) is 36.4 Å². The molecule has 0 radical (unpaired) electrons. The van der Waals surface area contributed by atoms with Crippen molar-refractivity contribution >= 4 is 28.8 Å². The van der Waals surface area contributed by atoms with E-state index < -0.39 is 5.92 Å². The zero-order chi connectivity index (χ0) is 19.3. The third kappa shape index (κ3) is 2.36. The number of carbonyl (C=O) groups is 1. The minimum absolute atomic E-state index is 0.0296. The summed E-state index contributed by atoms with van der Waals surface area (Å²) in [7, 11) is 1.62. The molecule has 1 aromatic heterocycles. The topological polar surface area (TPSA) is 102 Å². The largest absolute Gasteiger partial charge is 0.497 e. The number of nitrogens with one attached hydrogen (secondary N) is 1. The number of anilines is 2. The maximum Gasteiger partial charge on any atom is 0.175 e. The Balaban J connectivity index is 1.73. The number of fused-ring (bicyclic) bond motifs is 4. The molecule has 2 unspecified atom stereocenters. The van der Waals surface area contributed by atoms with E-state index in [4.69, 9.17) is 15.5 Å². The molecule has 1 aliphatic heterocycles. The van der Waals surface area contributed by atoms with Crippen LogP contribution in [0.5, 0.6) is 5.75 Å². The van der Waals surface area contributed by atoms with Gasteiger partial charge >= 0.3 is 0 Å². The van der Waals surface area contributed by atoms with Gasteiger partial charge in [0.2, 0.25) is 0 Å². The van der Waals surface area contributed by atoms with Gasteiger partial charge in [0.1, 0.15) is 17.8 Å². The van der Waals surface area contributed by atoms with Gasteiger partial charge in [0.05, 0.1) is 24.8 Å². The Morgan fingerprint density at radius 1 is 1.04 bits per heavy atom.